The number of carbonyl (C=O) groups is 2. The molecule has 5 heteroatoms. The first-order valence-electron chi connectivity index (χ1n) is 9.56. The zero-order chi connectivity index (χ0) is 18.4. The first-order valence-corrected chi connectivity index (χ1v) is 9.56. The molecular formula is C20H32O5. The molecule has 3 atom stereocenters. The van der Waals surface area contributed by atoms with Gasteiger partial charge in [0.25, 0.3) is 0 Å². The van der Waals surface area contributed by atoms with Gasteiger partial charge in [0.1, 0.15) is 0 Å². The van der Waals surface area contributed by atoms with Gasteiger partial charge in [-0.2, -0.15) is 0 Å². The Bertz CT molecular complexity index is 519. The molecule has 4 aliphatic rings. The summed E-state index contributed by atoms with van der Waals surface area (Å²) < 4.78 is 16.2. The molecule has 0 aromatic rings. The van der Waals surface area contributed by atoms with E-state index in [9.17, 15) is 9.59 Å². The van der Waals surface area contributed by atoms with Crippen LogP contribution in [0, 0.1) is 34.5 Å². The van der Waals surface area contributed by atoms with Crippen molar-refractivity contribution in [2.45, 2.75) is 66.1 Å². The predicted octanol–water partition coefficient (Wildman–Crippen LogP) is 3.55. The average Bonchev–Trinajstić information content (AvgIpc) is 2.52. The van der Waals surface area contributed by atoms with E-state index in [2.05, 4.69) is 0 Å². The normalized spacial score (nSPS) is 37.6. The third kappa shape index (κ3) is 3.57. The first kappa shape index (κ1) is 18.7. The van der Waals surface area contributed by atoms with E-state index in [0.29, 0.717) is 30.3 Å². The van der Waals surface area contributed by atoms with E-state index >= 15 is 0 Å². The van der Waals surface area contributed by atoms with E-state index in [0.717, 1.165) is 32.1 Å². The van der Waals surface area contributed by atoms with Crippen LogP contribution in [-0.2, 0) is 23.8 Å². The summed E-state index contributed by atoms with van der Waals surface area (Å²) >= 11 is 0. The fourth-order valence-electron chi connectivity index (χ4n) is 5.36. The Balaban J connectivity index is 1.66. The van der Waals surface area contributed by atoms with Crippen LogP contribution in [0.3, 0.4) is 0 Å². The van der Waals surface area contributed by atoms with Crippen LogP contribution in [0.2, 0.25) is 0 Å². The Morgan fingerprint density at radius 1 is 1.12 bits per heavy atom. The summed E-state index contributed by atoms with van der Waals surface area (Å²) in [6.45, 7) is 7.90. The van der Waals surface area contributed by atoms with E-state index in [1.807, 2.05) is 20.8 Å². The number of esters is 2. The minimum atomic E-state index is -0.496. The van der Waals surface area contributed by atoms with Gasteiger partial charge in [0.05, 0.1) is 17.4 Å². The van der Waals surface area contributed by atoms with Gasteiger partial charge in [-0.3, -0.25) is 9.59 Å². The molecule has 4 aliphatic carbocycles. The van der Waals surface area contributed by atoms with E-state index in [4.69, 9.17) is 14.2 Å². The molecule has 3 unspecified atom stereocenters. The van der Waals surface area contributed by atoms with Crippen molar-refractivity contribution < 1.29 is 23.8 Å². The summed E-state index contributed by atoms with van der Waals surface area (Å²) in [4.78, 5) is 24.9. The number of rotatable bonds is 5. The molecule has 4 bridgehead atoms. The highest BCUT2D eigenvalue weighted by atomic mass is 16.7. The summed E-state index contributed by atoms with van der Waals surface area (Å²) in [5.74, 6) is 1.70. The second kappa shape index (κ2) is 6.57. The minimum absolute atomic E-state index is 0.0913. The number of hydrogen-bond acceptors (Lipinski definition) is 5. The maximum Gasteiger partial charge on any atom is 0.314 e. The van der Waals surface area contributed by atoms with Gasteiger partial charge in [-0.05, 0) is 83.5 Å². The Kier molecular flexibility index (Phi) is 4.91. The molecule has 4 saturated carbocycles. The monoisotopic (exact) mass is 352 g/mol. The Morgan fingerprint density at radius 2 is 1.72 bits per heavy atom. The number of methoxy groups -OCH3 is 1. The van der Waals surface area contributed by atoms with Crippen molar-refractivity contribution >= 4 is 11.9 Å². The van der Waals surface area contributed by atoms with Crippen LogP contribution in [0.4, 0.5) is 0 Å². The van der Waals surface area contributed by atoms with Crippen molar-refractivity contribution in [3.05, 3.63) is 0 Å². The third-order valence-electron chi connectivity index (χ3n) is 6.53. The van der Waals surface area contributed by atoms with E-state index in [1.165, 1.54) is 0 Å². The van der Waals surface area contributed by atoms with Gasteiger partial charge in [-0.15, -0.1) is 0 Å². The van der Waals surface area contributed by atoms with E-state index in [-0.39, 0.29) is 17.4 Å². The van der Waals surface area contributed by atoms with Crippen LogP contribution in [0.15, 0.2) is 0 Å². The maximum atomic E-state index is 12.8. The lowest BCUT2D eigenvalue weighted by atomic mass is 9.46. The first-order chi connectivity index (χ1) is 11.6. The van der Waals surface area contributed by atoms with Crippen molar-refractivity contribution in [1.29, 1.82) is 0 Å². The number of carbonyl (C=O) groups excluding carboxylic acids is 2. The van der Waals surface area contributed by atoms with Gasteiger partial charge < -0.3 is 14.2 Å². The molecule has 0 spiro atoms. The fourth-order valence-corrected chi connectivity index (χ4v) is 5.36. The van der Waals surface area contributed by atoms with Crippen LogP contribution in [0.5, 0.6) is 0 Å². The van der Waals surface area contributed by atoms with Crippen LogP contribution >= 0.6 is 0 Å². The van der Waals surface area contributed by atoms with Crippen molar-refractivity contribution in [2.75, 3.05) is 13.7 Å². The fraction of sp³-hybridized carbons (Fsp3) is 0.900. The smallest absolute Gasteiger partial charge is 0.314 e. The molecule has 0 aliphatic heterocycles. The summed E-state index contributed by atoms with van der Waals surface area (Å²) in [7, 11) is 1.55. The molecule has 4 fully saturated rings. The van der Waals surface area contributed by atoms with Crippen LogP contribution in [0.1, 0.15) is 59.8 Å². The Labute approximate surface area is 150 Å². The molecule has 0 aromatic carbocycles. The summed E-state index contributed by atoms with van der Waals surface area (Å²) in [6, 6.07) is 0. The quantitative estimate of drug-likeness (QED) is 0.559. The zero-order valence-electron chi connectivity index (χ0n) is 16.2. The van der Waals surface area contributed by atoms with Gasteiger partial charge in [0, 0.05) is 7.11 Å². The molecule has 0 N–H and O–H groups in total. The molecule has 0 aromatic heterocycles. The SMILES string of the molecule is COC(C)OC(=O)C12CC3CC(C1)C(COC(=O)C(C)(C)C)C(C3)C2. The molecular weight excluding hydrogens is 320 g/mol. The molecule has 0 heterocycles. The van der Waals surface area contributed by atoms with Crippen molar-refractivity contribution in [2.24, 2.45) is 34.5 Å². The molecule has 4 rings (SSSR count). The zero-order valence-corrected chi connectivity index (χ0v) is 16.2. The topological polar surface area (TPSA) is 61.8 Å². The van der Waals surface area contributed by atoms with Gasteiger partial charge in [0.15, 0.2) is 6.29 Å². The third-order valence-corrected chi connectivity index (χ3v) is 6.53. The second-order valence-electron chi connectivity index (χ2n) is 9.47. The molecule has 0 amide bonds. The molecule has 25 heavy (non-hydrogen) atoms. The lowest BCUT2D eigenvalue weighted by Crippen LogP contribution is -2.55. The number of ether oxygens (including phenoxy) is 3. The average molecular weight is 352 g/mol. The lowest BCUT2D eigenvalue weighted by Gasteiger charge is -2.58. The summed E-state index contributed by atoms with van der Waals surface area (Å²) in [5, 5.41) is 0. The van der Waals surface area contributed by atoms with Gasteiger partial charge in [0.2, 0.25) is 0 Å². The van der Waals surface area contributed by atoms with Crippen molar-refractivity contribution in [3.63, 3.8) is 0 Å². The second-order valence-corrected chi connectivity index (χ2v) is 9.47. The minimum Gasteiger partial charge on any atom is -0.465 e. The van der Waals surface area contributed by atoms with Crippen molar-refractivity contribution in [3.8, 4) is 0 Å². The Hall–Kier alpha value is -1.10. The van der Waals surface area contributed by atoms with Gasteiger partial charge in [-0.25, -0.2) is 0 Å². The largest absolute Gasteiger partial charge is 0.465 e. The van der Waals surface area contributed by atoms with Crippen LogP contribution in [0.25, 0.3) is 0 Å². The van der Waals surface area contributed by atoms with Crippen LogP contribution < -0.4 is 0 Å². The van der Waals surface area contributed by atoms with Gasteiger partial charge in [-0.1, -0.05) is 0 Å². The highest BCUT2D eigenvalue weighted by Crippen LogP contribution is 2.62. The van der Waals surface area contributed by atoms with Crippen molar-refractivity contribution in [1.82, 2.24) is 0 Å². The molecule has 0 radical (unpaired) electrons. The maximum absolute atomic E-state index is 12.8. The van der Waals surface area contributed by atoms with E-state index in [1.54, 1.807) is 14.0 Å². The highest BCUT2D eigenvalue weighted by Gasteiger charge is 2.59. The predicted molar refractivity (Wildman–Crippen MR) is 92.5 cm³/mol. The number of hydrogen-bond donors (Lipinski definition) is 0. The standard InChI is InChI=1S/C20H32O5/c1-12(23-5)25-18(22)20-8-13-6-14(9-20)16(15(7-13)10-20)11-24-17(21)19(2,3)4/h12-16H,6-11H2,1-5H3. The summed E-state index contributed by atoms with van der Waals surface area (Å²) in [5.41, 5.74) is -0.805. The molecule has 0 saturated heterocycles. The Morgan fingerprint density at radius 3 is 2.24 bits per heavy atom. The molecule has 142 valence electrons. The summed E-state index contributed by atoms with van der Waals surface area (Å²) in [6.07, 6.45) is 4.50. The molecule has 5 nitrogen and oxygen atoms in total. The van der Waals surface area contributed by atoms with E-state index < -0.39 is 11.7 Å². The van der Waals surface area contributed by atoms with Gasteiger partial charge >= 0.3 is 11.9 Å². The highest BCUT2D eigenvalue weighted by molar-refractivity contribution is 5.78. The van der Waals surface area contributed by atoms with Crippen LogP contribution in [-0.4, -0.2) is 31.9 Å². The lowest BCUT2D eigenvalue weighted by molar-refractivity contribution is -0.202.